The Bertz CT molecular complexity index is 1050. The van der Waals surface area contributed by atoms with E-state index >= 15 is 0 Å². The van der Waals surface area contributed by atoms with E-state index in [2.05, 4.69) is 16.3 Å². The van der Waals surface area contributed by atoms with Crippen molar-refractivity contribution in [1.82, 2.24) is 10.2 Å². The molecule has 0 aromatic heterocycles. The summed E-state index contributed by atoms with van der Waals surface area (Å²) in [6.45, 7) is 4.91. The average Bonchev–Trinajstić information content (AvgIpc) is 3.25. The lowest BCUT2D eigenvalue weighted by molar-refractivity contribution is -0.122. The lowest BCUT2D eigenvalue weighted by Gasteiger charge is -2.28. The monoisotopic (exact) mass is 479 g/mol. The van der Waals surface area contributed by atoms with E-state index in [0.717, 1.165) is 35.8 Å². The van der Waals surface area contributed by atoms with Crippen LogP contribution in [0.15, 0.2) is 42.5 Å². The molecule has 9 heteroatoms. The zero-order valence-corrected chi connectivity index (χ0v) is 20.2. The molecule has 2 aromatic rings. The van der Waals surface area contributed by atoms with E-state index < -0.39 is 22.0 Å². The number of sulfonamides is 1. The standard InChI is InChI=1S/C23H30ClN3O4S/c1-17(27(32(3,29)30)20-10-11-22(31-2)21(24)14-20)23(28)25-15-18-8-4-5-9-19(18)16-26-12-6-7-13-26/h4-5,8-11,14,17H,6-7,12-13,15-16H2,1-3H3,(H,25,28). The number of methoxy groups -OCH3 is 1. The van der Waals surface area contributed by atoms with Crippen molar-refractivity contribution in [3.05, 3.63) is 58.6 Å². The van der Waals surface area contributed by atoms with Crippen molar-refractivity contribution in [2.75, 3.05) is 30.8 Å². The van der Waals surface area contributed by atoms with Gasteiger partial charge in [-0.2, -0.15) is 0 Å². The maximum absolute atomic E-state index is 13.0. The van der Waals surface area contributed by atoms with E-state index in [1.165, 1.54) is 31.6 Å². The third-order valence-corrected chi connectivity index (χ3v) is 7.18. The van der Waals surface area contributed by atoms with Gasteiger partial charge in [0.1, 0.15) is 11.8 Å². The summed E-state index contributed by atoms with van der Waals surface area (Å²) in [7, 11) is -2.26. The summed E-state index contributed by atoms with van der Waals surface area (Å²) in [5.41, 5.74) is 2.50. The van der Waals surface area contributed by atoms with Crippen LogP contribution in [0.2, 0.25) is 5.02 Å². The number of likely N-dealkylation sites (tertiary alicyclic amines) is 1. The molecule has 0 aliphatic carbocycles. The molecule has 0 spiro atoms. The second-order valence-corrected chi connectivity index (χ2v) is 10.3. The minimum atomic E-state index is -3.74. The first kappa shape index (κ1) is 24.4. The number of amides is 1. The van der Waals surface area contributed by atoms with Crippen LogP contribution in [-0.2, 0) is 27.9 Å². The number of carbonyl (C=O) groups is 1. The summed E-state index contributed by atoms with van der Waals surface area (Å²) in [5, 5.41) is 3.17. The number of nitrogens with zero attached hydrogens (tertiary/aromatic N) is 2. The number of benzene rings is 2. The topological polar surface area (TPSA) is 79.0 Å². The largest absolute Gasteiger partial charge is 0.495 e. The summed E-state index contributed by atoms with van der Waals surface area (Å²) in [6, 6.07) is 11.7. The zero-order valence-electron chi connectivity index (χ0n) is 18.7. The third-order valence-electron chi connectivity index (χ3n) is 5.64. The molecule has 3 rings (SSSR count). The van der Waals surface area contributed by atoms with Gasteiger partial charge in [-0.15, -0.1) is 0 Å². The van der Waals surface area contributed by atoms with Crippen molar-refractivity contribution in [1.29, 1.82) is 0 Å². The smallest absolute Gasteiger partial charge is 0.243 e. The van der Waals surface area contributed by atoms with Crippen LogP contribution in [0.25, 0.3) is 0 Å². The Labute approximate surface area is 195 Å². The fourth-order valence-electron chi connectivity index (χ4n) is 4.00. The fraction of sp³-hybridized carbons (Fsp3) is 0.435. The lowest BCUT2D eigenvalue weighted by atomic mass is 10.1. The third kappa shape index (κ3) is 5.94. The molecule has 1 unspecified atom stereocenters. The number of nitrogens with one attached hydrogen (secondary N) is 1. The maximum atomic E-state index is 13.0. The second-order valence-electron chi connectivity index (χ2n) is 8.02. The molecule has 1 fully saturated rings. The Hall–Kier alpha value is -2.29. The van der Waals surface area contributed by atoms with Gasteiger partial charge >= 0.3 is 0 Å². The molecule has 2 aromatic carbocycles. The first-order chi connectivity index (χ1) is 15.2. The molecule has 1 heterocycles. The summed E-state index contributed by atoms with van der Waals surface area (Å²) in [4.78, 5) is 15.4. The number of hydrogen-bond acceptors (Lipinski definition) is 5. The first-order valence-electron chi connectivity index (χ1n) is 10.6. The average molecular weight is 480 g/mol. The SMILES string of the molecule is COc1ccc(N(C(C)C(=O)NCc2ccccc2CN2CCCC2)S(C)(=O)=O)cc1Cl. The number of carbonyl (C=O) groups excluding carboxylic acids is 1. The normalized spacial score (nSPS) is 15.4. The molecule has 0 bridgehead atoms. The summed E-state index contributed by atoms with van der Waals surface area (Å²) in [6.07, 6.45) is 3.50. The molecule has 1 amide bonds. The predicted octanol–water partition coefficient (Wildman–Crippen LogP) is 3.42. The van der Waals surface area contributed by atoms with Gasteiger partial charge in [-0.1, -0.05) is 35.9 Å². The quantitative estimate of drug-likeness (QED) is 0.596. The molecule has 1 saturated heterocycles. The van der Waals surface area contributed by atoms with Crippen LogP contribution in [0.4, 0.5) is 5.69 Å². The van der Waals surface area contributed by atoms with Crippen LogP contribution in [0.5, 0.6) is 5.75 Å². The van der Waals surface area contributed by atoms with Crippen molar-refractivity contribution < 1.29 is 17.9 Å². The van der Waals surface area contributed by atoms with Gasteiger partial charge in [-0.25, -0.2) is 8.42 Å². The van der Waals surface area contributed by atoms with Crippen molar-refractivity contribution in [3.8, 4) is 5.75 Å². The van der Waals surface area contributed by atoms with Crippen LogP contribution >= 0.6 is 11.6 Å². The van der Waals surface area contributed by atoms with Gasteiger partial charge in [0.25, 0.3) is 0 Å². The van der Waals surface area contributed by atoms with Gasteiger partial charge in [-0.05, 0) is 62.2 Å². The fourth-order valence-corrected chi connectivity index (χ4v) is 5.42. The van der Waals surface area contributed by atoms with Crippen molar-refractivity contribution in [3.63, 3.8) is 0 Å². The summed E-state index contributed by atoms with van der Waals surface area (Å²) >= 11 is 6.19. The first-order valence-corrected chi connectivity index (χ1v) is 12.8. The van der Waals surface area contributed by atoms with Gasteiger partial charge in [0.05, 0.1) is 24.1 Å². The Balaban J connectivity index is 1.74. The number of anilines is 1. The highest BCUT2D eigenvalue weighted by Gasteiger charge is 2.29. The Morgan fingerprint density at radius 2 is 1.84 bits per heavy atom. The van der Waals surface area contributed by atoms with Crippen LogP contribution in [0.3, 0.4) is 0 Å². The second kappa shape index (κ2) is 10.6. The molecule has 1 atom stereocenters. The molecular formula is C23H30ClN3O4S. The molecule has 1 aliphatic heterocycles. The van der Waals surface area contributed by atoms with Gasteiger partial charge in [0.15, 0.2) is 0 Å². The summed E-state index contributed by atoms with van der Waals surface area (Å²) in [5.74, 6) is 0.0360. The molecule has 1 aliphatic rings. The predicted molar refractivity (Wildman–Crippen MR) is 128 cm³/mol. The molecule has 174 valence electrons. The van der Waals surface area contributed by atoms with E-state index in [1.807, 2.05) is 18.2 Å². The van der Waals surface area contributed by atoms with Gasteiger partial charge in [0.2, 0.25) is 15.9 Å². The zero-order chi connectivity index (χ0) is 23.3. The maximum Gasteiger partial charge on any atom is 0.243 e. The van der Waals surface area contributed by atoms with Gasteiger partial charge < -0.3 is 10.1 Å². The summed E-state index contributed by atoms with van der Waals surface area (Å²) < 4.78 is 31.3. The molecular weight excluding hydrogens is 450 g/mol. The molecule has 0 saturated carbocycles. The van der Waals surface area contributed by atoms with E-state index in [-0.39, 0.29) is 5.02 Å². The van der Waals surface area contributed by atoms with Crippen LogP contribution in [-0.4, -0.2) is 51.7 Å². The number of rotatable bonds is 9. The van der Waals surface area contributed by atoms with Gasteiger partial charge in [0, 0.05) is 13.1 Å². The highest BCUT2D eigenvalue weighted by atomic mass is 35.5. The highest BCUT2D eigenvalue weighted by Crippen LogP contribution is 2.31. The van der Waals surface area contributed by atoms with Crippen molar-refractivity contribution in [2.24, 2.45) is 0 Å². The van der Waals surface area contributed by atoms with Crippen molar-refractivity contribution in [2.45, 2.75) is 38.9 Å². The van der Waals surface area contributed by atoms with Crippen LogP contribution in [0.1, 0.15) is 30.9 Å². The molecule has 0 radical (unpaired) electrons. The number of halogens is 1. The highest BCUT2D eigenvalue weighted by molar-refractivity contribution is 7.92. The molecule has 1 N–H and O–H groups in total. The van der Waals surface area contributed by atoms with Crippen molar-refractivity contribution >= 4 is 33.2 Å². The van der Waals surface area contributed by atoms with E-state index in [1.54, 1.807) is 19.1 Å². The Kier molecular flexibility index (Phi) is 8.03. The lowest BCUT2D eigenvalue weighted by Crippen LogP contribution is -2.47. The Morgan fingerprint density at radius 3 is 2.44 bits per heavy atom. The number of ether oxygens (including phenoxy) is 1. The Morgan fingerprint density at radius 1 is 1.19 bits per heavy atom. The van der Waals surface area contributed by atoms with E-state index in [9.17, 15) is 13.2 Å². The van der Waals surface area contributed by atoms with Gasteiger partial charge in [-0.3, -0.25) is 14.0 Å². The minimum absolute atomic E-state index is 0.266. The minimum Gasteiger partial charge on any atom is -0.495 e. The van der Waals surface area contributed by atoms with Crippen LogP contribution in [0, 0.1) is 0 Å². The number of hydrogen-bond donors (Lipinski definition) is 1. The van der Waals surface area contributed by atoms with Crippen LogP contribution < -0.4 is 14.4 Å². The molecule has 7 nitrogen and oxygen atoms in total. The van der Waals surface area contributed by atoms with E-state index in [0.29, 0.717) is 18.0 Å². The van der Waals surface area contributed by atoms with E-state index in [4.69, 9.17) is 16.3 Å². The molecule has 32 heavy (non-hydrogen) atoms.